The maximum absolute atomic E-state index is 12.6. The molecule has 0 aliphatic carbocycles. The van der Waals surface area contributed by atoms with Gasteiger partial charge in [0.2, 0.25) is 11.6 Å². The van der Waals surface area contributed by atoms with Gasteiger partial charge < -0.3 is 4.74 Å². The summed E-state index contributed by atoms with van der Waals surface area (Å²) in [7, 11) is 0. The average Bonchev–Trinajstić information content (AvgIpc) is 2.65. The number of ketones is 2. The molecule has 0 aliphatic heterocycles. The van der Waals surface area contributed by atoms with Crippen LogP contribution < -0.4 is 0 Å². The van der Waals surface area contributed by atoms with Crippen LogP contribution in [0.25, 0.3) is 0 Å². The summed E-state index contributed by atoms with van der Waals surface area (Å²) in [5.74, 6) is -1.00. The number of nitrogens with zero attached hydrogens (tertiary/aromatic N) is 1. The quantitative estimate of drug-likeness (QED) is 0.0817. The van der Waals surface area contributed by atoms with Crippen LogP contribution in [0.4, 0.5) is 5.69 Å². The molecule has 0 bridgehead atoms. The summed E-state index contributed by atoms with van der Waals surface area (Å²) in [5.41, 5.74) is 1.30. The van der Waals surface area contributed by atoms with Crippen LogP contribution >= 0.6 is 22.6 Å². The van der Waals surface area contributed by atoms with Crippen molar-refractivity contribution in [3.8, 4) is 0 Å². The number of rotatable bonds is 12. The molecule has 1 aromatic carbocycles. The lowest BCUT2D eigenvalue weighted by Gasteiger charge is -2.16. The minimum Gasteiger partial charge on any atom is -0.478 e. The number of carbonyl (C=O) groups is 2. The molecule has 0 saturated carbocycles. The number of Topliss-reactive ketones (excluding diaryl/α,β-unsaturated/α-hetero) is 2. The molecule has 0 aliphatic rings. The normalized spacial score (nSPS) is 14.1. The summed E-state index contributed by atoms with van der Waals surface area (Å²) < 4.78 is 5.24. The Morgan fingerprint density at radius 3 is 2.25 bits per heavy atom. The van der Waals surface area contributed by atoms with E-state index in [1.807, 2.05) is 45.0 Å². The third-order valence-electron chi connectivity index (χ3n) is 4.48. The van der Waals surface area contributed by atoms with E-state index in [0.29, 0.717) is 0 Å². The van der Waals surface area contributed by atoms with Crippen LogP contribution in [-0.4, -0.2) is 27.5 Å². The first-order chi connectivity index (χ1) is 13.2. The zero-order chi connectivity index (χ0) is 21.2. The summed E-state index contributed by atoms with van der Waals surface area (Å²) in [4.78, 5) is 29.3. The predicted octanol–water partition coefficient (Wildman–Crippen LogP) is 6.57. The van der Waals surface area contributed by atoms with Gasteiger partial charge in [-0.05, 0) is 44.9 Å². The van der Waals surface area contributed by atoms with Gasteiger partial charge in [-0.2, -0.15) is 0 Å². The Kier molecular flexibility index (Phi) is 10.9. The van der Waals surface area contributed by atoms with Crippen molar-refractivity contribution in [3.63, 3.8) is 0 Å². The van der Waals surface area contributed by atoms with Crippen molar-refractivity contribution in [3.05, 3.63) is 29.8 Å². The average molecular weight is 499 g/mol. The minimum atomic E-state index is -0.436. The second kappa shape index (κ2) is 12.3. The Morgan fingerprint density at radius 1 is 1.07 bits per heavy atom. The zero-order valence-corrected chi connectivity index (χ0v) is 20.0. The molecule has 0 amide bonds. The fourth-order valence-corrected chi connectivity index (χ4v) is 3.42. The fraction of sp³-hybridized carbons (Fsp3) is 0.609. The van der Waals surface area contributed by atoms with Crippen molar-refractivity contribution in [1.82, 2.24) is 0 Å². The molecule has 0 spiro atoms. The topological polar surface area (TPSA) is 55.7 Å². The first-order valence-electron chi connectivity index (χ1n) is 10.2. The van der Waals surface area contributed by atoms with Crippen molar-refractivity contribution < 1.29 is 14.3 Å². The van der Waals surface area contributed by atoms with Gasteiger partial charge in [0.25, 0.3) is 0 Å². The number of hydrogen-bond donors (Lipinski definition) is 0. The maximum atomic E-state index is 12.6. The van der Waals surface area contributed by atoms with Gasteiger partial charge in [-0.1, -0.05) is 80.7 Å². The number of alkyl halides is 1. The molecular formula is C23H34INO3. The molecule has 5 heteroatoms. The van der Waals surface area contributed by atoms with Crippen LogP contribution in [0.5, 0.6) is 0 Å². The van der Waals surface area contributed by atoms with Gasteiger partial charge >= 0.3 is 0 Å². The van der Waals surface area contributed by atoms with Crippen LogP contribution in [0, 0.1) is 0 Å². The molecule has 0 saturated heterocycles. The largest absolute Gasteiger partial charge is 0.478 e. The van der Waals surface area contributed by atoms with Crippen molar-refractivity contribution >= 4 is 46.2 Å². The summed E-state index contributed by atoms with van der Waals surface area (Å²) in [6, 6.07) is 7.38. The maximum Gasteiger partial charge on any atom is 0.211 e. The summed E-state index contributed by atoms with van der Waals surface area (Å²) in [5, 5.41) is 0. The predicted molar refractivity (Wildman–Crippen MR) is 125 cm³/mol. The van der Waals surface area contributed by atoms with Crippen molar-refractivity contribution in [2.45, 2.75) is 88.6 Å². The first kappa shape index (κ1) is 24.8. The number of unbranched alkanes of at least 4 members (excludes halogenated alkanes) is 4. The Hall–Kier alpha value is -1.24. The van der Waals surface area contributed by atoms with E-state index in [4.69, 9.17) is 4.74 Å². The van der Waals surface area contributed by atoms with E-state index in [2.05, 4.69) is 34.5 Å². The molecule has 28 heavy (non-hydrogen) atoms. The molecule has 1 aromatic rings. The van der Waals surface area contributed by atoms with Gasteiger partial charge in [0, 0.05) is 5.92 Å². The van der Waals surface area contributed by atoms with E-state index in [9.17, 15) is 9.59 Å². The minimum absolute atomic E-state index is 0.229. The van der Waals surface area contributed by atoms with Crippen LogP contribution in [0.3, 0.4) is 0 Å². The lowest BCUT2D eigenvalue weighted by Crippen LogP contribution is -2.27. The highest BCUT2D eigenvalue weighted by Crippen LogP contribution is 2.23. The number of halogens is 1. The van der Waals surface area contributed by atoms with Crippen LogP contribution in [-0.2, 0) is 14.3 Å². The lowest BCUT2D eigenvalue weighted by atomic mass is 9.92. The van der Waals surface area contributed by atoms with Gasteiger partial charge in [0.1, 0.15) is 5.60 Å². The highest BCUT2D eigenvalue weighted by atomic mass is 127. The molecule has 0 fully saturated rings. The number of aliphatic imine (C=N–C) groups is 1. The van der Waals surface area contributed by atoms with E-state index in [0.717, 1.165) is 30.5 Å². The molecule has 1 rings (SSSR count). The van der Waals surface area contributed by atoms with Crippen LogP contribution in [0.15, 0.2) is 29.3 Å². The number of hydrogen-bond acceptors (Lipinski definition) is 4. The second-order valence-electron chi connectivity index (χ2n) is 8.18. The van der Waals surface area contributed by atoms with Crippen molar-refractivity contribution in [2.75, 3.05) is 0 Å². The first-order valence-corrected chi connectivity index (χ1v) is 11.4. The second-order valence-corrected chi connectivity index (χ2v) is 9.68. The molecule has 2 atom stereocenters. The standard InChI is InChI=1S/C23H34INO3/c1-6-7-8-9-10-11-20(24)22(27)21(26)17(2)18-12-14-19(15-13-18)25-16-28-23(3,4)5/h12-17,20H,6-11H2,1-5H3. The molecule has 2 unspecified atom stereocenters. The van der Waals surface area contributed by atoms with Gasteiger partial charge in [-0.3, -0.25) is 9.59 Å². The number of carbonyl (C=O) groups excluding carboxylic acids is 2. The summed E-state index contributed by atoms with van der Waals surface area (Å²) in [6.45, 7) is 9.85. The monoisotopic (exact) mass is 499 g/mol. The molecule has 4 nitrogen and oxygen atoms in total. The molecule has 0 aromatic heterocycles. The van der Waals surface area contributed by atoms with Crippen molar-refractivity contribution in [2.24, 2.45) is 4.99 Å². The van der Waals surface area contributed by atoms with Gasteiger partial charge in [0.05, 0.1) is 9.61 Å². The van der Waals surface area contributed by atoms with Gasteiger partial charge in [-0.15, -0.1) is 0 Å². The fourth-order valence-electron chi connectivity index (χ4n) is 2.67. The molecule has 0 N–H and O–H groups in total. The number of ether oxygens (including phenoxy) is 1. The lowest BCUT2D eigenvalue weighted by molar-refractivity contribution is -0.136. The highest BCUT2D eigenvalue weighted by molar-refractivity contribution is 14.1. The van der Waals surface area contributed by atoms with Crippen molar-refractivity contribution in [1.29, 1.82) is 0 Å². The summed E-state index contributed by atoms with van der Waals surface area (Å²) in [6.07, 6.45) is 8.00. The van der Waals surface area contributed by atoms with E-state index in [1.54, 1.807) is 6.92 Å². The SMILES string of the molecule is CCCCCCCC(I)C(=O)C(=O)C(C)c1ccc(N=COC(C)(C)C)cc1. The van der Waals surface area contributed by atoms with E-state index in [1.165, 1.54) is 25.7 Å². The highest BCUT2D eigenvalue weighted by Gasteiger charge is 2.27. The van der Waals surface area contributed by atoms with Gasteiger partial charge in [-0.25, -0.2) is 4.99 Å². The summed E-state index contributed by atoms with van der Waals surface area (Å²) >= 11 is 2.12. The van der Waals surface area contributed by atoms with Gasteiger partial charge in [0.15, 0.2) is 6.40 Å². The van der Waals surface area contributed by atoms with E-state index >= 15 is 0 Å². The van der Waals surface area contributed by atoms with E-state index in [-0.39, 0.29) is 21.1 Å². The smallest absolute Gasteiger partial charge is 0.211 e. The van der Waals surface area contributed by atoms with Crippen LogP contribution in [0.2, 0.25) is 0 Å². The molecular weight excluding hydrogens is 465 g/mol. The molecule has 0 radical (unpaired) electrons. The molecule has 0 heterocycles. The Labute approximate surface area is 183 Å². The Balaban J connectivity index is 2.58. The molecule has 156 valence electrons. The third-order valence-corrected chi connectivity index (χ3v) is 5.67. The van der Waals surface area contributed by atoms with E-state index < -0.39 is 5.92 Å². The Morgan fingerprint density at radius 2 is 1.68 bits per heavy atom. The van der Waals surface area contributed by atoms with Crippen LogP contribution in [0.1, 0.15) is 84.6 Å². The Bertz CT molecular complexity index is 647. The number of benzene rings is 1. The zero-order valence-electron chi connectivity index (χ0n) is 17.8. The third kappa shape index (κ3) is 9.30.